The molecule has 1 atom stereocenters. The van der Waals surface area contributed by atoms with Crippen LogP contribution in [0.4, 0.5) is 4.39 Å². The van der Waals surface area contributed by atoms with Gasteiger partial charge >= 0.3 is 0 Å². The summed E-state index contributed by atoms with van der Waals surface area (Å²) in [6.45, 7) is 0.791. The van der Waals surface area contributed by atoms with Gasteiger partial charge in [-0.05, 0) is 66.5 Å². The van der Waals surface area contributed by atoms with E-state index in [0.29, 0.717) is 15.0 Å². The summed E-state index contributed by atoms with van der Waals surface area (Å²) in [6.07, 6.45) is 3.96. The van der Waals surface area contributed by atoms with Crippen molar-refractivity contribution >= 4 is 40.1 Å². The molecule has 1 fully saturated rings. The maximum absolute atomic E-state index is 13.1. The highest BCUT2D eigenvalue weighted by atomic mass is 127. The van der Waals surface area contributed by atoms with Crippen LogP contribution in [0.5, 0.6) is 0 Å². The van der Waals surface area contributed by atoms with E-state index in [1.165, 1.54) is 12.1 Å². The van der Waals surface area contributed by atoms with Crippen molar-refractivity contribution in [3.8, 4) is 0 Å². The number of carbonyl (C=O) groups excluding carboxylic acids is 1. The smallest absolute Gasteiger partial charge is 0.255 e. The number of hydrogen-bond acceptors (Lipinski definition) is 1. The second-order valence-corrected chi connectivity index (χ2v) is 6.29. The molecule has 19 heavy (non-hydrogen) atoms. The Bertz CT molecular complexity index is 469. The van der Waals surface area contributed by atoms with E-state index < -0.39 is 0 Å². The first-order chi connectivity index (χ1) is 9.13. The highest BCUT2D eigenvalue weighted by Crippen LogP contribution is 2.25. The SMILES string of the molecule is O=C(c1ccc(F)cc1I)N1CCCC1CCCCl. The molecule has 2 nitrogen and oxygen atoms in total. The van der Waals surface area contributed by atoms with Crippen LogP contribution >= 0.6 is 34.2 Å². The molecule has 1 saturated heterocycles. The minimum absolute atomic E-state index is 0.0153. The average Bonchev–Trinajstić information content (AvgIpc) is 2.83. The van der Waals surface area contributed by atoms with Gasteiger partial charge in [0.05, 0.1) is 5.56 Å². The minimum atomic E-state index is -0.305. The predicted octanol–water partition coefficient (Wildman–Crippen LogP) is 4.05. The third kappa shape index (κ3) is 3.60. The zero-order valence-corrected chi connectivity index (χ0v) is 13.5. The third-order valence-electron chi connectivity index (χ3n) is 3.47. The van der Waals surface area contributed by atoms with E-state index in [2.05, 4.69) is 0 Å². The average molecular weight is 396 g/mol. The Morgan fingerprint density at radius 3 is 3.00 bits per heavy atom. The van der Waals surface area contributed by atoms with Crippen molar-refractivity contribution in [2.45, 2.75) is 31.7 Å². The quantitative estimate of drug-likeness (QED) is 0.556. The first kappa shape index (κ1) is 15.0. The molecule has 0 aromatic heterocycles. The van der Waals surface area contributed by atoms with Gasteiger partial charge in [-0.25, -0.2) is 4.39 Å². The molecule has 5 heteroatoms. The zero-order chi connectivity index (χ0) is 13.8. The molecule has 1 aromatic rings. The number of carbonyl (C=O) groups is 1. The lowest BCUT2D eigenvalue weighted by Gasteiger charge is -2.25. The van der Waals surface area contributed by atoms with Gasteiger partial charge in [0.2, 0.25) is 0 Å². The fraction of sp³-hybridized carbons (Fsp3) is 0.500. The summed E-state index contributed by atoms with van der Waals surface area (Å²) in [4.78, 5) is 14.4. The lowest BCUT2D eigenvalue weighted by Crippen LogP contribution is -2.36. The lowest BCUT2D eigenvalue weighted by atomic mass is 10.1. The van der Waals surface area contributed by atoms with E-state index in [1.54, 1.807) is 6.07 Å². The summed E-state index contributed by atoms with van der Waals surface area (Å²) in [5, 5.41) is 0. The fourth-order valence-electron chi connectivity index (χ4n) is 2.53. The van der Waals surface area contributed by atoms with Gasteiger partial charge in [-0.1, -0.05) is 0 Å². The standard InChI is InChI=1S/C14H16ClFINO/c15-7-1-3-11-4-2-8-18(11)14(19)12-6-5-10(16)9-13(12)17/h5-6,9,11H,1-4,7-8H2. The van der Waals surface area contributed by atoms with Crippen molar-refractivity contribution in [2.24, 2.45) is 0 Å². The second kappa shape index (κ2) is 6.88. The van der Waals surface area contributed by atoms with Gasteiger partial charge in [-0.2, -0.15) is 0 Å². The van der Waals surface area contributed by atoms with Gasteiger partial charge < -0.3 is 4.90 Å². The van der Waals surface area contributed by atoms with E-state index in [9.17, 15) is 9.18 Å². The molecule has 0 saturated carbocycles. The first-order valence-corrected chi connectivity index (χ1v) is 8.07. The summed E-state index contributed by atoms with van der Waals surface area (Å²) in [5.41, 5.74) is 0.597. The Labute approximate surface area is 131 Å². The predicted molar refractivity (Wildman–Crippen MR) is 83.1 cm³/mol. The molecule has 0 radical (unpaired) electrons. The van der Waals surface area contributed by atoms with Crippen LogP contribution < -0.4 is 0 Å². The Balaban J connectivity index is 2.13. The molecule has 1 heterocycles. The molecule has 1 unspecified atom stereocenters. The number of likely N-dealkylation sites (tertiary alicyclic amines) is 1. The number of rotatable bonds is 4. The van der Waals surface area contributed by atoms with Crippen molar-refractivity contribution in [1.82, 2.24) is 4.90 Å². The number of halogens is 3. The zero-order valence-electron chi connectivity index (χ0n) is 10.5. The highest BCUT2D eigenvalue weighted by molar-refractivity contribution is 14.1. The van der Waals surface area contributed by atoms with Gasteiger partial charge in [0.25, 0.3) is 5.91 Å². The van der Waals surface area contributed by atoms with Crippen LogP contribution in [0, 0.1) is 9.39 Å². The second-order valence-electron chi connectivity index (χ2n) is 4.75. The maximum atomic E-state index is 13.1. The van der Waals surface area contributed by atoms with Gasteiger partial charge in [-0.15, -0.1) is 11.6 Å². The van der Waals surface area contributed by atoms with Crippen LogP contribution in [-0.4, -0.2) is 29.3 Å². The largest absolute Gasteiger partial charge is 0.336 e. The molecule has 1 aliphatic rings. The van der Waals surface area contributed by atoms with E-state index in [1.807, 2.05) is 27.5 Å². The lowest BCUT2D eigenvalue weighted by molar-refractivity contribution is 0.0729. The van der Waals surface area contributed by atoms with Crippen molar-refractivity contribution in [2.75, 3.05) is 12.4 Å². The summed E-state index contributed by atoms with van der Waals surface area (Å²) in [5.74, 6) is 0.342. The van der Waals surface area contributed by atoms with Gasteiger partial charge in [0, 0.05) is 22.0 Å². The Morgan fingerprint density at radius 2 is 2.32 bits per heavy atom. The number of alkyl halides is 1. The molecule has 2 rings (SSSR count). The van der Waals surface area contributed by atoms with Crippen molar-refractivity contribution in [3.63, 3.8) is 0 Å². The summed E-state index contributed by atoms with van der Waals surface area (Å²) >= 11 is 7.74. The Hall–Kier alpha value is -0.360. The molecule has 0 aliphatic carbocycles. The molecular formula is C14H16ClFINO. The van der Waals surface area contributed by atoms with E-state index >= 15 is 0 Å². The fourth-order valence-corrected chi connectivity index (χ4v) is 3.40. The van der Waals surface area contributed by atoms with Crippen LogP contribution in [0.2, 0.25) is 0 Å². The third-order valence-corrected chi connectivity index (χ3v) is 4.63. The summed E-state index contributed by atoms with van der Waals surface area (Å²) in [6, 6.07) is 4.61. The molecule has 1 aromatic carbocycles. The molecular weight excluding hydrogens is 380 g/mol. The molecule has 0 N–H and O–H groups in total. The van der Waals surface area contributed by atoms with Gasteiger partial charge in [0.15, 0.2) is 0 Å². The minimum Gasteiger partial charge on any atom is -0.336 e. The number of nitrogens with zero attached hydrogens (tertiary/aromatic N) is 1. The van der Waals surface area contributed by atoms with Gasteiger partial charge in [0.1, 0.15) is 5.82 Å². The summed E-state index contributed by atoms with van der Waals surface area (Å²) < 4.78 is 13.8. The normalized spacial score (nSPS) is 18.9. The molecule has 0 spiro atoms. The maximum Gasteiger partial charge on any atom is 0.255 e. The monoisotopic (exact) mass is 395 g/mol. The van der Waals surface area contributed by atoms with Gasteiger partial charge in [-0.3, -0.25) is 4.79 Å². The Kier molecular flexibility index (Phi) is 5.45. The molecule has 104 valence electrons. The van der Waals surface area contributed by atoms with Crippen LogP contribution in [0.25, 0.3) is 0 Å². The number of benzene rings is 1. The number of hydrogen-bond donors (Lipinski definition) is 0. The van der Waals surface area contributed by atoms with E-state index in [0.717, 1.165) is 32.2 Å². The molecule has 1 amide bonds. The van der Waals surface area contributed by atoms with Crippen molar-refractivity contribution < 1.29 is 9.18 Å². The van der Waals surface area contributed by atoms with E-state index in [-0.39, 0.29) is 17.8 Å². The van der Waals surface area contributed by atoms with E-state index in [4.69, 9.17) is 11.6 Å². The highest BCUT2D eigenvalue weighted by Gasteiger charge is 2.29. The van der Waals surface area contributed by atoms with Crippen LogP contribution in [0.1, 0.15) is 36.0 Å². The topological polar surface area (TPSA) is 20.3 Å². The van der Waals surface area contributed by atoms with Crippen molar-refractivity contribution in [1.29, 1.82) is 0 Å². The summed E-state index contributed by atoms with van der Waals surface area (Å²) in [7, 11) is 0. The number of amides is 1. The van der Waals surface area contributed by atoms with Crippen LogP contribution in [0.3, 0.4) is 0 Å². The molecule has 1 aliphatic heterocycles. The Morgan fingerprint density at radius 1 is 1.53 bits per heavy atom. The van der Waals surface area contributed by atoms with Crippen LogP contribution in [-0.2, 0) is 0 Å². The first-order valence-electron chi connectivity index (χ1n) is 6.45. The van der Waals surface area contributed by atoms with Crippen LogP contribution in [0.15, 0.2) is 18.2 Å². The molecule has 0 bridgehead atoms. The van der Waals surface area contributed by atoms with Crippen molar-refractivity contribution in [3.05, 3.63) is 33.1 Å².